The van der Waals surface area contributed by atoms with E-state index in [4.69, 9.17) is 5.73 Å². The van der Waals surface area contributed by atoms with E-state index in [0.717, 1.165) is 5.71 Å². The molecule has 0 aliphatic carbocycles. The summed E-state index contributed by atoms with van der Waals surface area (Å²) in [7, 11) is 1.65. The molecular weight excluding hydrogens is 204 g/mol. The zero-order valence-electron chi connectivity index (χ0n) is 9.27. The summed E-state index contributed by atoms with van der Waals surface area (Å²) in [6.07, 6.45) is 2.23. The Morgan fingerprint density at radius 2 is 2.19 bits per heavy atom. The predicted octanol–water partition coefficient (Wildman–Crippen LogP) is 1.59. The lowest BCUT2D eigenvalue weighted by atomic mass is 10.1. The second-order valence-electron chi connectivity index (χ2n) is 3.33. The molecule has 0 heterocycles. The number of aliphatic imine (C=N–C) groups is 1. The predicted molar refractivity (Wildman–Crippen MR) is 64.7 cm³/mol. The van der Waals surface area contributed by atoms with E-state index < -0.39 is 0 Å². The largest absolute Gasteiger partial charge is 0.506 e. The number of phenolic OH excluding ortho intramolecular Hbond substituents is 1. The first-order valence-electron chi connectivity index (χ1n) is 4.78. The number of phenols is 1. The summed E-state index contributed by atoms with van der Waals surface area (Å²) < 4.78 is 0. The highest BCUT2D eigenvalue weighted by molar-refractivity contribution is 5.99. The van der Waals surface area contributed by atoms with Crippen molar-refractivity contribution in [1.29, 1.82) is 0 Å². The lowest BCUT2D eigenvalue weighted by Crippen LogP contribution is -2.01. The van der Waals surface area contributed by atoms with Gasteiger partial charge in [-0.1, -0.05) is 6.07 Å². The fourth-order valence-electron chi connectivity index (χ4n) is 1.26. The van der Waals surface area contributed by atoms with E-state index >= 15 is 0 Å². The van der Waals surface area contributed by atoms with E-state index in [2.05, 4.69) is 4.99 Å². The van der Waals surface area contributed by atoms with E-state index in [1.165, 1.54) is 6.07 Å². The number of aldehydes is 1. The molecular formula is C12H14N2O2. The number of carbonyl (C=O) groups excluding carboxylic acids is 1. The average molecular weight is 218 g/mol. The fraction of sp³-hybridized carbons (Fsp3) is 0.167. The smallest absolute Gasteiger partial charge is 0.153 e. The van der Waals surface area contributed by atoms with Crippen molar-refractivity contribution in [2.24, 2.45) is 10.7 Å². The molecule has 4 nitrogen and oxygen atoms in total. The molecule has 0 amide bonds. The van der Waals surface area contributed by atoms with E-state index in [1.54, 1.807) is 32.2 Å². The molecule has 0 fully saturated rings. The van der Waals surface area contributed by atoms with Crippen LogP contribution in [0.3, 0.4) is 0 Å². The Labute approximate surface area is 94.1 Å². The summed E-state index contributed by atoms with van der Waals surface area (Å²) in [5, 5.41) is 9.75. The normalized spacial score (nSPS) is 12.6. The van der Waals surface area contributed by atoms with Crippen LogP contribution in [-0.4, -0.2) is 24.2 Å². The number of rotatable bonds is 3. The fourth-order valence-corrected chi connectivity index (χ4v) is 1.26. The molecule has 16 heavy (non-hydrogen) atoms. The number of hydrogen-bond acceptors (Lipinski definition) is 4. The Morgan fingerprint density at radius 1 is 1.50 bits per heavy atom. The maximum absolute atomic E-state index is 10.6. The van der Waals surface area contributed by atoms with Crippen LogP contribution in [0.15, 0.2) is 29.3 Å². The summed E-state index contributed by atoms with van der Waals surface area (Å²) >= 11 is 0. The molecule has 1 aromatic rings. The highest BCUT2D eigenvalue weighted by atomic mass is 16.3. The third-order valence-electron chi connectivity index (χ3n) is 2.22. The van der Waals surface area contributed by atoms with Gasteiger partial charge in [-0.15, -0.1) is 0 Å². The number of para-hydroxylation sites is 1. The van der Waals surface area contributed by atoms with Gasteiger partial charge in [0.15, 0.2) is 6.29 Å². The molecule has 0 atom stereocenters. The Hall–Kier alpha value is -2.10. The number of allylic oxidation sites excluding steroid dienone is 1. The minimum atomic E-state index is -0.102. The molecule has 0 aromatic heterocycles. The van der Waals surface area contributed by atoms with Crippen molar-refractivity contribution >= 4 is 17.7 Å². The van der Waals surface area contributed by atoms with Gasteiger partial charge < -0.3 is 10.8 Å². The molecule has 0 radical (unpaired) electrons. The van der Waals surface area contributed by atoms with Crippen molar-refractivity contribution in [2.45, 2.75) is 6.92 Å². The summed E-state index contributed by atoms with van der Waals surface area (Å²) in [6.45, 7) is 1.80. The van der Waals surface area contributed by atoms with Gasteiger partial charge in [-0.05, 0) is 25.1 Å². The van der Waals surface area contributed by atoms with E-state index in [1.807, 2.05) is 0 Å². The highest BCUT2D eigenvalue weighted by Crippen LogP contribution is 2.25. The maximum atomic E-state index is 10.6. The second kappa shape index (κ2) is 5.11. The van der Waals surface area contributed by atoms with Crippen LogP contribution in [0.5, 0.6) is 5.75 Å². The first-order valence-corrected chi connectivity index (χ1v) is 4.78. The van der Waals surface area contributed by atoms with Gasteiger partial charge in [0, 0.05) is 24.0 Å². The summed E-state index contributed by atoms with van der Waals surface area (Å²) in [5.74, 6) is -0.102. The van der Waals surface area contributed by atoms with Crippen LogP contribution < -0.4 is 5.73 Å². The van der Waals surface area contributed by atoms with E-state index in [0.29, 0.717) is 17.5 Å². The summed E-state index contributed by atoms with van der Waals surface area (Å²) in [5.41, 5.74) is 7.58. The van der Waals surface area contributed by atoms with Crippen LogP contribution in [0.2, 0.25) is 0 Å². The molecule has 0 saturated carbocycles. The molecule has 1 aromatic carbocycles. The first kappa shape index (κ1) is 12.0. The third kappa shape index (κ3) is 2.48. The SMILES string of the molecule is CN=C(C)C=C(N)c1cccc(C=O)c1O. The molecule has 0 bridgehead atoms. The Bertz CT molecular complexity index is 462. The second-order valence-corrected chi connectivity index (χ2v) is 3.33. The zero-order chi connectivity index (χ0) is 12.1. The van der Waals surface area contributed by atoms with Crippen LogP contribution in [0.1, 0.15) is 22.8 Å². The van der Waals surface area contributed by atoms with Crippen molar-refractivity contribution in [3.05, 3.63) is 35.4 Å². The number of carbonyl (C=O) groups is 1. The van der Waals surface area contributed by atoms with Gasteiger partial charge in [-0.25, -0.2) is 0 Å². The Morgan fingerprint density at radius 3 is 2.75 bits per heavy atom. The lowest BCUT2D eigenvalue weighted by Gasteiger charge is -2.06. The van der Waals surface area contributed by atoms with E-state index in [-0.39, 0.29) is 11.3 Å². The first-order chi connectivity index (χ1) is 7.60. The number of nitrogens with two attached hydrogens (primary N) is 1. The van der Waals surface area contributed by atoms with Crippen LogP contribution >= 0.6 is 0 Å². The van der Waals surface area contributed by atoms with Gasteiger partial charge in [0.05, 0.1) is 5.56 Å². The molecule has 0 aliphatic rings. The van der Waals surface area contributed by atoms with Gasteiger partial charge in [0.2, 0.25) is 0 Å². The Kier molecular flexibility index (Phi) is 3.83. The molecule has 0 saturated heterocycles. The third-order valence-corrected chi connectivity index (χ3v) is 2.22. The number of nitrogens with zero attached hydrogens (tertiary/aromatic N) is 1. The van der Waals surface area contributed by atoms with Gasteiger partial charge in [0.1, 0.15) is 5.75 Å². The Balaban J connectivity index is 3.24. The summed E-state index contributed by atoms with van der Waals surface area (Å²) in [4.78, 5) is 14.6. The van der Waals surface area contributed by atoms with Crippen LogP contribution in [0, 0.1) is 0 Å². The van der Waals surface area contributed by atoms with Crippen molar-refractivity contribution in [3.63, 3.8) is 0 Å². The highest BCUT2D eigenvalue weighted by Gasteiger charge is 2.08. The minimum absolute atomic E-state index is 0.102. The average Bonchev–Trinajstić information content (AvgIpc) is 2.29. The van der Waals surface area contributed by atoms with Gasteiger partial charge in [0.25, 0.3) is 0 Å². The van der Waals surface area contributed by atoms with Gasteiger partial charge in [-0.3, -0.25) is 9.79 Å². The van der Waals surface area contributed by atoms with Gasteiger partial charge >= 0.3 is 0 Å². The number of benzene rings is 1. The molecule has 0 spiro atoms. The molecule has 0 aliphatic heterocycles. The standard InChI is InChI=1S/C12H14N2O2/c1-8(14-2)6-11(13)10-5-3-4-9(7-15)12(10)16/h3-7,16H,13H2,1-2H3. The summed E-state index contributed by atoms with van der Waals surface area (Å²) in [6, 6.07) is 4.84. The minimum Gasteiger partial charge on any atom is -0.506 e. The van der Waals surface area contributed by atoms with Crippen molar-refractivity contribution in [2.75, 3.05) is 7.05 Å². The quantitative estimate of drug-likeness (QED) is 0.597. The molecule has 4 heteroatoms. The van der Waals surface area contributed by atoms with Crippen molar-refractivity contribution < 1.29 is 9.90 Å². The van der Waals surface area contributed by atoms with Crippen LogP contribution in [-0.2, 0) is 0 Å². The van der Waals surface area contributed by atoms with Crippen molar-refractivity contribution in [3.8, 4) is 5.75 Å². The lowest BCUT2D eigenvalue weighted by molar-refractivity contribution is 0.112. The topological polar surface area (TPSA) is 75.7 Å². The maximum Gasteiger partial charge on any atom is 0.153 e. The van der Waals surface area contributed by atoms with Gasteiger partial charge in [-0.2, -0.15) is 0 Å². The zero-order valence-corrected chi connectivity index (χ0v) is 9.27. The monoisotopic (exact) mass is 218 g/mol. The number of hydrogen-bond donors (Lipinski definition) is 2. The molecule has 3 N–H and O–H groups in total. The molecule has 1 rings (SSSR count). The number of aromatic hydroxyl groups is 1. The molecule has 0 unspecified atom stereocenters. The van der Waals surface area contributed by atoms with Crippen LogP contribution in [0.25, 0.3) is 5.70 Å². The molecule has 84 valence electrons. The van der Waals surface area contributed by atoms with E-state index in [9.17, 15) is 9.90 Å². The van der Waals surface area contributed by atoms with Crippen LogP contribution in [0.4, 0.5) is 0 Å². The van der Waals surface area contributed by atoms with Crippen molar-refractivity contribution in [1.82, 2.24) is 0 Å².